The van der Waals surface area contributed by atoms with Crippen LogP contribution in [0.3, 0.4) is 0 Å². The van der Waals surface area contributed by atoms with Gasteiger partial charge in [0.2, 0.25) is 0 Å². The summed E-state index contributed by atoms with van der Waals surface area (Å²) in [6, 6.07) is 10.7. The number of carbonyl (C=O) groups is 1. The summed E-state index contributed by atoms with van der Waals surface area (Å²) >= 11 is 0. The van der Waals surface area contributed by atoms with Crippen molar-refractivity contribution in [3.8, 4) is 6.07 Å². The lowest BCUT2D eigenvalue weighted by Gasteiger charge is -2.08. The number of methoxy groups -OCH3 is 1. The molecule has 4 nitrogen and oxygen atoms in total. The van der Waals surface area contributed by atoms with Crippen LogP contribution in [-0.2, 0) is 9.53 Å². The number of ether oxygens (including phenoxy) is 1. The van der Waals surface area contributed by atoms with Gasteiger partial charge in [-0.05, 0) is 31.5 Å². The molecule has 1 saturated heterocycles. The first-order valence-corrected chi connectivity index (χ1v) is 6.52. The van der Waals surface area contributed by atoms with Crippen molar-refractivity contribution in [2.75, 3.05) is 20.2 Å². The lowest BCUT2D eigenvalue weighted by Crippen LogP contribution is -2.21. The molecule has 0 spiro atoms. The van der Waals surface area contributed by atoms with Gasteiger partial charge in [-0.15, -0.1) is 0 Å². The number of rotatable bonds is 2. The number of benzene rings is 1. The molecule has 1 heterocycles. The average Bonchev–Trinajstić information content (AvgIpc) is 2.51. The Morgan fingerprint density at radius 1 is 1.26 bits per heavy atom. The molecule has 1 unspecified atom stereocenters. The van der Waals surface area contributed by atoms with E-state index in [1.807, 2.05) is 12.1 Å². The number of carbonyl (C=O) groups excluding carboxylic acids is 1. The van der Waals surface area contributed by atoms with Crippen LogP contribution in [0.1, 0.15) is 30.7 Å². The second-order valence-electron chi connectivity index (χ2n) is 4.31. The summed E-state index contributed by atoms with van der Waals surface area (Å²) in [5.41, 5.74) is 0.664. The Labute approximate surface area is 114 Å². The maximum atomic E-state index is 11.1. The van der Waals surface area contributed by atoms with Gasteiger partial charge in [0.1, 0.15) is 0 Å². The van der Waals surface area contributed by atoms with Crippen LogP contribution in [0, 0.1) is 11.3 Å². The van der Waals surface area contributed by atoms with E-state index in [1.165, 1.54) is 39.5 Å². The lowest BCUT2D eigenvalue weighted by atomic mass is 10.0. The molecule has 1 N–H and O–H groups in total. The molecule has 102 valence electrons. The third-order valence-corrected chi connectivity index (χ3v) is 2.91. The summed E-state index contributed by atoms with van der Waals surface area (Å²) in [5, 5.41) is 12.0. The van der Waals surface area contributed by atoms with Crippen LogP contribution in [0.15, 0.2) is 30.3 Å². The molecular weight excluding hydrogens is 240 g/mol. The highest BCUT2D eigenvalue weighted by Crippen LogP contribution is 2.15. The van der Waals surface area contributed by atoms with Gasteiger partial charge in [0.25, 0.3) is 0 Å². The summed E-state index contributed by atoms with van der Waals surface area (Å²) in [5.74, 6) is -1.33. The predicted octanol–water partition coefficient (Wildman–Crippen LogP) is 2.23. The van der Waals surface area contributed by atoms with E-state index in [2.05, 4.69) is 10.1 Å². The monoisotopic (exact) mass is 260 g/mol. The first-order chi connectivity index (χ1) is 9.29. The second-order valence-corrected chi connectivity index (χ2v) is 4.31. The molecule has 1 aromatic carbocycles. The highest BCUT2D eigenvalue weighted by Gasteiger charge is 2.19. The molecule has 1 fully saturated rings. The molecule has 2 rings (SSSR count). The fraction of sp³-hybridized carbons (Fsp3) is 0.467. The van der Waals surface area contributed by atoms with Gasteiger partial charge in [-0.25, -0.2) is 0 Å². The van der Waals surface area contributed by atoms with E-state index in [0.717, 1.165) is 0 Å². The van der Waals surface area contributed by atoms with Gasteiger partial charge in [0.15, 0.2) is 5.92 Å². The van der Waals surface area contributed by atoms with E-state index in [9.17, 15) is 4.79 Å². The molecular formula is C15H20N2O2. The topological polar surface area (TPSA) is 62.1 Å². The summed E-state index contributed by atoms with van der Waals surface area (Å²) in [7, 11) is 1.27. The normalized spacial score (nSPS) is 15.4. The number of hydrogen-bond acceptors (Lipinski definition) is 4. The minimum atomic E-state index is -0.814. The molecule has 1 aliphatic heterocycles. The van der Waals surface area contributed by atoms with Crippen LogP contribution in [0.4, 0.5) is 0 Å². The molecule has 0 radical (unpaired) electrons. The molecule has 19 heavy (non-hydrogen) atoms. The highest BCUT2D eigenvalue weighted by molar-refractivity contribution is 5.81. The smallest absolute Gasteiger partial charge is 0.327 e. The van der Waals surface area contributed by atoms with Crippen LogP contribution in [0.5, 0.6) is 0 Å². The van der Waals surface area contributed by atoms with E-state index < -0.39 is 11.9 Å². The number of piperidine rings is 1. The molecule has 1 aromatic rings. The summed E-state index contributed by atoms with van der Waals surface area (Å²) in [6.45, 7) is 2.50. The molecule has 1 atom stereocenters. The second kappa shape index (κ2) is 9.12. The van der Waals surface area contributed by atoms with Crippen molar-refractivity contribution in [2.24, 2.45) is 0 Å². The zero-order chi connectivity index (χ0) is 13.9. The van der Waals surface area contributed by atoms with Crippen molar-refractivity contribution in [1.29, 1.82) is 5.26 Å². The van der Waals surface area contributed by atoms with Crippen molar-refractivity contribution in [3.05, 3.63) is 35.9 Å². The van der Waals surface area contributed by atoms with E-state index in [-0.39, 0.29) is 0 Å². The number of esters is 1. The largest absolute Gasteiger partial charge is 0.468 e. The van der Waals surface area contributed by atoms with Crippen molar-refractivity contribution in [2.45, 2.75) is 25.2 Å². The molecule has 0 amide bonds. The Kier molecular flexibility index (Phi) is 7.30. The van der Waals surface area contributed by atoms with Gasteiger partial charge < -0.3 is 10.1 Å². The van der Waals surface area contributed by atoms with Crippen LogP contribution in [0.25, 0.3) is 0 Å². The van der Waals surface area contributed by atoms with Crippen molar-refractivity contribution in [3.63, 3.8) is 0 Å². The average molecular weight is 260 g/mol. The first-order valence-electron chi connectivity index (χ1n) is 6.52. The van der Waals surface area contributed by atoms with Crippen LogP contribution < -0.4 is 5.32 Å². The fourth-order valence-corrected chi connectivity index (χ4v) is 1.83. The van der Waals surface area contributed by atoms with E-state index in [0.29, 0.717) is 5.56 Å². The minimum absolute atomic E-state index is 0.520. The van der Waals surface area contributed by atoms with Gasteiger partial charge in [-0.3, -0.25) is 4.79 Å². The molecule has 0 aromatic heterocycles. The zero-order valence-electron chi connectivity index (χ0n) is 11.3. The number of nitriles is 1. The van der Waals surface area contributed by atoms with E-state index in [4.69, 9.17) is 5.26 Å². The number of hydrogen-bond donors (Lipinski definition) is 1. The fourth-order valence-electron chi connectivity index (χ4n) is 1.83. The third-order valence-electron chi connectivity index (χ3n) is 2.91. The van der Waals surface area contributed by atoms with Gasteiger partial charge in [-0.2, -0.15) is 5.26 Å². The molecule has 4 heteroatoms. The lowest BCUT2D eigenvalue weighted by molar-refractivity contribution is -0.140. The minimum Gasteiger partial charge on any atom is -0.468 e. The standard InChI is InChI=1S/C10H9NO2.C5H11N/c1-13-10(12)9(7-11)8-5-3-2-4-6-8;1-2-4-6-5-3-1/h2-6,9H,1H3;6H,1-5H2. The van der Waals surface area contributed by atoms with Crippen molar-refractivity contribution in [1.82, 2.24) is 5.32 Å². The Balaban J connectivity index is 0.000000250. The van der Waals surface area contributed by atoms with Gasteiger partial charge >= 0.3 is 5.97 Å². The Hall–Kier alpha value is -1.86. The van der Waals surface area contributed by atoms with E-state index in [1.54, 1.807) is 24.3 Å². The number of nitrogens with zero attached hydrogens (tertiary/aromatic N) is 1. The molecule has 1 aliphatic rings. The maximum absolute atomic E-state index is 11.1. The van der Waals surface area contributed by atoms with E-state index >= 15 is 0 Å². The quantitative estimate of drug-likeness (QED) is 0.828. The summed E-state index contributed by atoms with van der Waals surface area (Å²) < 4.78 is 4.50. The Morgan fingerprint density at radius 2 is 1.89 bits per heavy atom. The molecule has 0 bridgehead atoms. The maximum Gasteiger partial charge on any atom is 0.327 e. The highest BCUT2D eigenvalue weighted by atomic mass is 16.5. The van der Waals surface area contributed by atoms with Crippen LogP contribution in [-0.4, -0.2) is 26.2 Å². The van der Waals surface area contributed by atoms with Crippen LogP contribution in [0.2, 0.25) is 0 Å². The third kappa shape index (κ3) is 5.54. The van der Waals surface area contributed by atoms with Gasteiger partial charge in [0, 0.05) is 0 Å². The number of nitrogens with one attached hydrogen (secondary N) is 1. The SMILES string of the molecule is C1CCNCC1.COC(=O)C(C#N)c1ccccc1. The van der Waals surface area contributed by atoms with Crippen LogP contribution >= 0.6 is 0 Å². The van der Waals surface area contributed by atoms with Gasteiger partial charge in [0.05, 0.1) is 13.2 Å². The van der Waals surface area contributed by atoms with Crippen molar-refractivity contribution >= 4 is 5.97 Å². The Bertz CT molecular complexity index is 396. The summed E-state index contributed by atoms with van der Waals surface area (Å²) in [4.78, 5) is 11.1. The zero-order valence-corrected chi connectivity index (χ0v) is 11.3. The Morgan fingerprint density at radius 3 is 2.26 bits per heavy atom. The first kappa shape index (κ1) is 15.2. The summed E-state index contributed by atoms with van der Waals surface area (Å²) in [6.07, 6.45) is 4.22. The molecule has 0 saturated carbocycles. The van der Waals surface area contributed by atoms with Crippen molar-refractivity contribution < 1.29 is 9.53 Å². The predicted molar refractivity (Wildman–Crippen MR) is 73.5 cm³/mol. The van der Waals surface area contributed by atoms with Gasteiger partial charge in [-0.1, -0.05) is 36.8 Å². The molecule has 0 aliphatic carbocycles.